The van der Waals surface area contributed by atoms with Gasteiger partial charge in [-0.2, -0.15) is 0 Å². The third kappa shape index (κ3) is 3.25. The first kappa shape index (κ1) is 13.9. The number of halogens is 1. The second-order valence-electron chi connectivity index (χ2n) is 4.85. The topological polar surface area (TPSA) is 18.5 Å². The molecule has 1 heterocycles. The van der Waals surface area contributed by atoms with E-state index in [2.05, 4.69) is 13.8 Å². The first-order valence-corrected chi connectivity index (χ1v) is 7.15. The van der Waals surface area contributed by atoms with E-state index >= 15 is 0 Å². The van der Waals surface area contributed by atoms with Crippen LogP contribution < -0.4 is 0 Å². The molecule has 3 atom stereocenters. The summed E-state index contributed by atoms with van der Waals surface area (Å²) in [6.07, 6.45) is 3.44. The maximum atomic E-state index is 6.09. The highest BCUT2D eigenvalue weighted by Crippen LogP contribution is 2.32. The van der Waals surface area contributed by atoms with Crippen molar-refractivity contribution in [2.24, 2.45) is 5.92 Å². The van der Waals surface area contributed by atoms with Gasteiger partial charge in [0.05, 0.1) is 12.7 Å². The lowest BCUT2D eigenvalue weighted by Crippen LogP contribution is -2.35. The average Bonchev–Trinajstić information content (AvgIpc) is 2.40. The van der Waals surface area contributed by atoms with Gasteiger partial charge in [-0.15, -0.1) is 0 Å². The molecule has 3 heteroatoms. The van der Waals surface area contributed by atoms with Gasteiger partial charge < -0.3 is 9.47 Å². The summed E-state index contributed by atoms with van der Waals surface area (Å²) >= 11 is 5.89. The predicted octanol–water partition coefficient (Wildman–Crippen LogP) is 4.58. The van der Waals surface area contributed by atoms with Crippen LogP contribution >= 0.6 is 11.6 Å². The fourth-order valence-corrected chi connectivity index (χ4v) is 2.52. The summed E-state index contributed by atoms with van der Waals surface area (Å²) < 4.78 is 11.9. The molecule has 1 aromatic rings. The van der Waals surface area contributed by atoms with Crippen molar-refractivity contribution in [1.82, 2.24) is 0 Å². The zero-order valence-electron chi connectivity index (χ0n) is 11.1. The van der Waals surface area contributed by atoms with E-state index in [-0.39, 0.29) is 6.29 Å². The molecule has 1 aliphatic heterocycles. The number of ether oxygens (including phenoxy) is 2. The third-order valence-corrected chi connectivity index (χ3v) is 3.78. The fraction of sp³-hybridized carbons (Fsp3) is 0.600. The highest BCUT2D eigenvalue weighted by Gasteiger charge is 2.30. The van der Waals surface area contributed by atoms with Gasteiger partial charge in [-0.1, -0.05) is 44.0 Å². The smallest absolute Gasteiger partial charge is 0.184 e. The second-order valence-corrected chi connectivity index (χ2v) is 5.28. The number of benzene rings is 1. The van der Waals surface area contributed by atoms with E-state index in [1.54, 1.807) is 0 Å². The first-order valence-electron chi connectivity index (χ1n) is 6.77. The Kier molecular flexibility index (Phi) is 5.04. The lowest BCUT2D eigenvalue weighted by Gasteiger charge is -2.36. The number of hydrogen-bond donors (Lipinski definition) is 0. The summed E-state index contributed by atoms with van der Waals surface area (Å²) in [6.45, 7) is 5.18. The molecule has 0 spiro atoms. The molecule has 0 aliphatic carbocycles. The summed E-state index contributed by atoms with van der Waals surface area (Å²) in [5.41, 5.74) is 1.05. The molecule has 18 heavy (non-hydrogen) atoms. The molecule has 100 valence electrons. The molecule has 0 unspecified atom stereocenters. The van der Waals surface area contributed by atoms with Gasteiger partial charge in [-0.25, -0.2) is 0 Å². The minimum atomic E-state index is -0.235. The lowest BCUT2D eigenvalue weighted by molar-refractivity contribution is -0.243. The van der Waals surface area contributed by atoms with Gasteiger partial charge in [0, 0.05) is 16.5 Å². The summed E-state index contributed by atoms with van der Waals surface area (Å²) in [6, 6.07) is 7.71. The van der Waals surface area contributed by atoms with Crippen LogP contribution in [0.2, 0.25) is 5.02 Å². The summed E-state index contributed by atoms with van der Waals surface area (Å²) in [7, 11) is 0. The van der Waals surface area contributed by atoms with Crippen molar-refractivity contribution < 1.29 is 9.47 Å². The minimum absolute atomic E-state index is 0.235. The fourth-order valence-electron chi connectivity index (χ4n) is 2.39. The van der Waals surface area contributed by atoms with E-state index in [4.69, 9.17) is 21.1 Å². The summed E-state index contributed by atoms with van der Waals surface area (Å²) in [5.74, 6) is 0.522. The molecular weight excluding hydrogens is 248 g/mol. The molecule has 0 bridgehead atoms. The van der Waals surface area contributed by atoms with Crippen molar-refractivity contribution in [2.75, 3.05) is 6.61 Å². The Morgan fingerprint density at radius 3 is 2.56 bits per heavy atom. The number of hydrogen-bond acceptors (Lipinski definition) is 2. The molecule has 2 rings (SSSR count). The Hall–Kier alpha value is -0.570. The monoisotopic (exact) mass is 268 g/mol. The largest absolute Gasteiger partial charge is 0.348 e. The Balaban J connectivity index is 2.05. The molecule has 0 amide bonds. The normalized spacial score (nSPS) is 28.3. The molecule has 0 radical (unpaired) electrons. The maximum absolute atomic E-state index is 6.09. The van der Waals surface area contributed by atoms with E-state index in [0.717, 1.165) is 36.5 Å². The molecular formula is C15H21ClO2. The van der Waals surface area contributed by atoms with Crippen LogP contribution in [-0.4, -0.2) is 12.7 Å². The van der Waals surface area contributed by atoms with E-state index < -0.39 is 0 Å². The van der Waals surface area contributed by atoms with Crippen LogP contribution in [-0.2, 0) is 9.47 Å². The van der Waals surface area contributed by atoms with Crippen LogP contribution in [0.3, 0.4) is 0 Å². The Morgan fingerprint density at radius 1 is 1.22 bits per heavy atom. The van der Waals surface area contributed by atoms with Crippen LogP contribution in [0.15, 0.2) is 24.3 Å². The van der Waals surface area contributed by atoms with E-state index in [0.29, 0.717) is 12.0 Å². The van der Waals surface area contributed by atoms with E-state index in [1.807, 2.05) is 24.3 Å². The lowest BCUT2D eigenvalue weighted by atomic mass is 9.95. The van der Waals surface area contributed by atoms with Crippen LogP contribution in [0.4, 0.5) is 0 Å². The van der Waals surface area contributed by atoms with E-state index in [9.17, 15) is 0 Å². The van der Waals surface area contributed by atoms with Crippen LogP contribution in [0.5, 0.6) is 0 Å². The summed E-state index contributed by atoms with van der Waals surface area (Å²) in [5, 5.41) is 0.742. The van der Waals surface area contributed by atoms with Crippen molar-refractivity contribution in [3.63, 3.8) is 0 Å². The maximum Gasteiger partial charge on any atom is 0.184 e. The summed E-state index contributed by atoms with van der Waals surface area (Å²) in [4.78, 5) is 0. The Bertz CT molecular complexity index is 363. The van der Waals surface area contributed by atoms with Gasteiger partial charge in [0.1, 0.15) is 0 Å². The van der Waals surface area contributed by atoms with Crippen molar-refractivity contribution in [2.45, 2.75) is 45.5 Å². The molecule has 1 aliphatic rings. The predicted molar refractivity (Wildman–Crippen MR) is 73.7 cm³/mol. The first-order chi connectivity index (χ1) is 8.74. The molecule has 0 aromatic heterocycles. The van der Waals surface area contributed by atoms with Gasteiger partial charge >= 0.3 is 0 Å². The van der Waals surface area contributed by atoms with Crippen molar-refractivity contribution in [3.05, 3.63) is 34.9 Å². The molecule has 0 saturated carbocycles. The zero-order chi connectivity index (χ0) is 13.0. The highest BCUT2D eigenvalue weighted by atomic mass is 35.5. The van der Waals surface area contributed by atoms with Gasteiger partial charge in [-0.3, -0.25) is 0 Å². The number of rotatable bonds is 4. The van der Waals surface area contributed by atoms with Crippen LogP contribution in [0.1, 0.15) is 45.0 Å². The molecule has 1 aromatic carbocycles. The molecule has 2 nitrogen and oxygen atoms in total. The van der Waals surface area contributed by atoms with Gasteiger partial charge in [0.15, 0.2) is 6.29 Å². The van der Waals surface area contributed by atoms with Crippen molar-refractivity contribution in [1.29, 1.82) is 0 Å². The standard InChI is InChI=1S/C15H21ClO2/c1-3-5-14-11(4-2)10-17-15(18-14)12-6-8-13(16)9-7-12/h6-9,11,14-15H,3-5,10H2,1-2H3/t11-,14-,15+/m1/s1. The Morgan fingerprint density at radius 2 is 1.94 bits per heavy atom. The zero-order valence-corrected chi connectivity index (χ0v) is 11.8. The highest BCUT2D eigenvalue weighted by molar-refractivity contribution is 6.30. The van der Waals surface area contributed by atoms with Gasteiger partial charge in [-0.05, 0) is 25.0 Å². The van der Waals surface area contributed by atoms with Crippen molar-refractivity contribution in [3.8, 4) is 0 Å². The third-order valence-electron chi connectivity index (χ3n) is 3.53. The SMILES string of the molecule is CCC[C@H]1O[C@@H](c2ccc(Cl)cc2)OC[C@H]1CC. The van der Waals surface area contributed by atoms with Gasteiger partial charge in [0.2, 0.25) is 0 Å². The van der Waals surface area contributed by atoms with Crippen molar-refractivity contribution >= 4 is 11.6 Å². The van der Waals surface area contributed by atoms with Crippen LogP contribution in [0.25, 0.3) is 0 Å². The van der Waals surface area contributed by atoms with Crippen LogP contribution in [0, 0.1) is 5.92 Å². The molecule has 0 N–H and O–H groups in total. The molecule has 1 saturated heterocycles. The quantitative estimate of drug-likeness (QED) is 0.796. The molecule has 1 fully saturated rings. The average molecular weight is 269 g/mol. The van der Waals surface area contributed by atoms with E-state index in [1.165, 1.54) is 0 Å². The second kappa shape index (κ2) is 6.55. The van der Waals surface area contributed by atoms with Gasteiger partial charge in [0.25, 0.3) is 0 Å². The minimum Gasteiger partial charge on any atom is -0.348 e. The Labute approximate surface area is 114 Å².